The Bertz CT molecular complexity index is 433. The smallest absolute Gasteiger partial charge is 0.376 e. The van der Waals surface area contributed by atoms with Crippen LogP contribution < -0.4 is 4.90 Å². The predicted molar refractivity (Wildman–Crippen MR) is 69.1 cm³/mol. The van der Waals surface area contributed by atoms with E-state index in [1.54, 1.807) is 12.3 Å². The lowest BCUT2D eigenvalue weighted by Crippen LogP contribution is -2.47. The number of nitrogens with zero attached hydrogens (tertiary/aromatic N) is 4. The maximum Gasteiger partial charge on any atom is 0.376 e. The van der Waals surface area contributed by atoms with Gasteiger partial charge in [-0.3, -0.25) is 4.90 Å². The quantitative estimate of drug-likeness (QED) is 0.727. The van der Waals surface area contributed by atoms with E-state index in [1.807, 2.05) is 0 Å². The molecule has 1 aromatic rings. The minimum absolute atomic E-state index is 0.0813. The van der Waals surface area contributed by atoms with Crippen LogP contribution in [0.25, 0.3) is 0 Å². The lowest BCUT2D eigenvalue weighted by Gasteiger charge is -2.35. The number of aliphatic hydroxyl groups is 1. The van der Waals surface area contributed by atoms with Gasteiger partial charge >= 0.3 is 5.97 Å². The van der Waals surface area contributed by atoms with E-state index in [-0.39, 0.29) is 12.4 Å². The molecule has 1 aliphatic rings. The number of hydrogen-bond acceptors (Lipinski definition) is 7. The Kier molecular flexibility index (Phi) is 4.64. The fraction of sp³-hybridized carbons (Fsp3) is 0.583. The summed E-state index contributed by atoms with van der Waals surface area (Å²) in [6.45, 7) is 4.26. The summed E-state index contributed by atoms with van der Waals surface area (Å²) in [5.41, 5.74) is 0. The third-order valence-electron chi connectivity index (χ3n) is 3.12. The largest absolute Gasteiger partial charge is 0.463 e. The van der Waals surface area contributed by atoms with Gasteiger partial charge in [0.2, 0.25) is 5.82 Å². The molecule has 7 nitrogen and oxygen atoms in total. The maximum absolute atomic E-state index is 11.4. The molecule has 104 valence electrons. The summed E-state index contributed by atoms with van der Waals surface area (Å²) < 4.78 is 4.61. The molecule has 1 aromatic heterocycles. The number of β-amino-alcohol motifs (C(OH)–C–C–N with tert-alkyl or cyclic N) is 1. The molecule has 2 heterocycles. The van der Waals surface area contributed by atoms with E-state index in [2.05, 4.69) is 24.5 Å². The number of aliphatic hydroxyl groups excluding tert-OH is 1. The van der Waals surface area contributed by atoms with Crippen molar-refractivity contribution in [3.8, 4) is 0 Å². The molecule has 19 heavy (non-hydrogen) atoms. The third-order valence-corrected chi connectivity index (χ3v) is 3.12. The Balaban J connectivity index is 2.01. The maximum atomic E-state index is 11.4. The van der Waals surface area contributed by atoms with Crippen molar-refractivity contribution >= 4 is 11.8 Å². The van der Waals surface area contributed by atoms with Crippen LogP contribution in [-0.2, 0) is 4.74 Å². The first-order valence-corrected chi connectivity index (χ1v) is 6.24. The van der Waals surface area contributed by atoms with Gasteiger partial charge in [0.1, 0.15) is 5.82 Å². The molecule has 1 saturated heterocycles. The second-order valence-electron chi connectivity index (χ2n) is 4.28. The van der Waals surface area contributed by atoms with Crippen LogP contribution in [0, 0.1) is 0 Å². The van der Waals surface area contributed by atoms with Gasteiger partial charge in [-0.2, -0.15) is 0 Å². The fourth-order valence-corrected chi connectivity index (χ4v) is 2.06. The van der Waals surface area contributed by atoms with Gasteiger partial charge in [-0.05, 0) is 6.07 Å². The zero-order chi connectivity index (χ0) is 13.7. The predicted octanol–water partition coefficient (Wildman–Crippen LogP) is -0.622. The van der Waals surface area contributed by atoms with Crippen molar-refractivity contribution in [2.24, 2.45) is 0 Å². The monoisotopic (exact) mass is 266 g/mol. The molecule has 7 heteroatoms. The summed E-state index contributed by atoms with van der Waals surface area (Å²) in [7, 11) is 1.31. The minimum atomic E-state index is -0.527. The number of aromatic nitrogens is 2. The normalized spacial score (nSPS) is 16.4. The summed E-state index contributed by atoms with van der Waals surface area (Å²) in [6.07, 6.45) is 1.56. The highest BCUT2D eigenvalue weighted by Crippen LogP contribution is 2.13. The van der Waals surface area contributed by atoms with Gasteiger partial charge in [-0.25, -0.2) is 14.8 Å². The van der Waals surface area contributed by atoms with E-state index >= 15 is 0 Å². The summed E-state index contributed by atoms with van der Waals surface area (Å²) in [5.74, 6) is 0.289. The molecule has 2 rings (SSSR count). The number of ether oxygens (including phenoxy) is 1. The van der Waals surface area contributed by atoms with Crippen LogP contribution in [0.2, 0.25) is 0 Å². The SMILES string of the molecule is COC(=O)c1nccc(N2CCN(CCO)CC2)n1. The number of esters is 1. The Hall–Kier alpha value is -1.73. The van der Waals surface area contributed by atoms with Gasteiger partial charge in [0, 0.05) is 38.9 Å². The molecule has 0 amide bonds. The van der Waals surface area contributed by atoms with Gasteiger partial charge in [0.15, 0.2) is 0 Å². The summed E-state index contributed by atoms with van der Waals surface area (Å²) in [6, 6.07) is 1.79. The van der Waals surface area contributed by atoms with E-state index in [0.717, 1.165) is 32.0 Å². The topological polar surface area (TPSA) is 78.8 Å². The number of rotatable bonds is 4. The number of carbonyl (C=O) groups excluding carboxylic acids is 1. The van der Waals surface area contributed by atoms with Crippen molar-refractivity contribution in [1.29, 1.82) is 0 Å². The molecule has 0 spiro atoms. The van der Waals surface area contributed by atoms with E-state index in [0.29, 0.717) is 6.54 Å². The minimum Gasteiger partial charge on any atom is -0.463 e. The second-order valence-corrected chi connectivity index (χ2v) is 4.28. The Labute approximate surface area is 111 Å². The Morgan fingerprint density at radius 1 is 1.42 bits per heavy atom. The average Bonchev–Trinajstić information content (AvgIpc) is 2.48. The van der Waals surface area contributed by atoms with Gasteiger partial charge in [0.25, 0.3) is 0 Å². The standard InChI is InChI=1S/C12H18N4O3/c1-19-12(18)11-13-3-2-10(14-11)16-6-4-15(5-7-16)8-9-17/h2-3,17H,4-9H2,1H3. The molecule has 0 unspecified atom stereocenters. The highest BCUT2D eigenvalue weighted by atomic mass is 16.5. The summed E-state index contributed by atoms with van der Waals surface area (Å²) >= 11 is 0. The first kappa shape index (κ1) is 13.7. The molecule has 0 atom stereocenters. The van der Waals surface area contributed by atoms with Gasteiger partial charge < -0.3 is 14.7 Å². The Morgan fingerprint density at radius 3 is 2.79 bits per heavy atom. The van der Waals surface area contributed by atoms with E-state index < -0.39 is 5.97 Å². The first-order valence-electron chi connectivity index (χ1n) is 6.24. The molecule has 0 saturated carbocycles. The van der Waals surface area contributed by atoms with E-state index in [9.17, 15) is 4.79 Å². The zero-order valence-electron chi connectivity index (χ0n) is 10.9. The molecule has 0 aliphatic carbocycles. The molecule has 0 bridgehead atoms. The van der Waals surface area contributed by atoms with Crippen molar-refractivity contribution in [2.45, 2.75) is 0 Å². The van der Waals surface area contributed by atoms with E-state index in [4.69, 9.17) is 5.11 Å². The van der Waals surface area contributed by atoms with Crippen LogP contribution in [0.5, 0.6) is 0 Å². The summed E-state index contributed by atoms with van der Waals surface area (Å²) in [5, 5.41) is 8.90. The highest BCUT2D eigenvalue weighted by Gasteiger charge is 2.19. The fourth-order valence-electron chi connectivity index (χ4n) is 2.06. The van der Waals surface area contributed by atoms with Crippen LogP contribution in [0.1, 0.15) is 10.6 Å². The van der Waals surface area contributed by atoms with Crippen molar-refractivity contribution in [1.82, 2.24) is 14.9 Å². The van der Waals surface area contributed by atoms with Crippen LogP contribution in [-0.4, -0.2) is 72.4 Å². The number of carbonyl (C=O) groups is 1. The van der Waals surface area contributed by atoms with Crippen molar-refractivity contribution < 1.29 is 14.6 Å². The third kappa shape index (κ3) is 3.39. The Morgan fingerprint density at radius 2 is 2.16 bits per heavy atom. The van der Waals surface area contributed by atoms with Gasteiger partial charge in [0.05, 0.1) is 13.7 Å². The van der Waals surface area contributed by atoms with Gasteiger partial charge in [-0.1, -0.05) is 0 Å². The molecule has 1 aliphatic heterocycles. The van der Waals surface area contributed by atoms with E-state index in [1.165, 1.54) is 7.11 Å². The average molecular weight is 266 g/mol. The van der Waals surface area contributed by atoms with Crippen LogP contribution in [0.4, 0.5) is 5.82 Å². The van der Waals surface area contributed by atoms with Crippen molar-refractivity contribution in [3.05, 3.63) is 18.1 Å². The first-order chi connectivity index (χ1) is 9.24. The van der Waals surface area contributed by atoms with Crippen LogP contribution in [0.15, 0.2) is 12.3 Å². The number of methoxy groups -OCH3 is 1. The summed E-state index contributed by atoms with van der Waals surface area (Å²) in [4.78, 5) is 23.8. The number of piperazine rings is 1. The van der Waals surface area contributed by atoms with Crippen LogP contribution >= 0.6 is 0 Å². The number of anilines is 1. The molecular weight excluding hydrogens is 248 g/mol. The van der Waals surface area contributed by atoms with Gasteiger partial charge in [-0.15, -0.1) is 0 Å². The molecule has 0 radical (unpaired) electrons. The molecule has 1 N–H and O–H groups in total. The molecule has 1 fully saturated rings. The van der Waals surface area contributed by atoms with Crippen LogP contribution in [0.3, 0.4) is 0 Å². The highest BCUT2D eigenvalue weighted by molar-refractivity contribution is 5.85. The lowest BCUT2D eigenvalue weighted by atomic mass is 10.3. The second kappa shape index (κ2) is 6.44. The zero-order valence-corrected chi connectivity index (χ0v) is 10.9. The molecule has 0 aromatic carbocycles. The molecular formula is C12H18N4O3. The lowest BCUT2D eigenvalue weighted by molar-refractivity contribution is 0.0586. The van der Waals surface area contributed by atoms with Crippen molar-refractivity contribution in [2.75, 3.05) is 51.3 Å². The number of hydrogen-bond donors (Lipinski definition) is 1. The van der Waals surface area contributed by atoms with Crippen molar-refractivity contribution in [3.63, 3.8) is 0 Å².